The van der Waals surface area contributed by atoms with Gasteiger partial charge in [-0.3, -0.25) is 4.90 Å². The number of hydrogen-bond donors (Lipinski definition) is 2. The standard InChI is InChI=1S/C31H34F2N6O/c1-18-5-2-6-24-25(18)22(14-34-24)26-23(32)13-21-28(27(26)33)36-30(40-17-31-9-3-11-39(31)12-4-10-31)37-29(21)38-15-19-7-8-20(16-38)35-19/h2,5-6,13-14,19-20,34-35H,3-4,7-12,15-17H2,1H3. The van der Waals surface area contributed by atoms with Crippen LogP contribution in [0.5, 0.6) is 6.01 Å². The van der Waals surface area contributed by atoms with E-state index in [2.05, 4.69) is 25.1 Å². The van der Waals surface area contributed by atoms with Crippen molar-refractivity contribution in [2.75, 3.05) is 37.7 Å². The molecule has 0 saturated carbocycles. The highest BCUT2D eigenvalue weighted by Crippen LogP contribution is 2.41. The number of rotatable bonds is 5. The molecule has 2 atom stereocenters. The second-order valence-corrected chi connectivity index (χ2v) is 12.2. The summed E-state index contributed by atoms with van der Waals surface area (Å²) in [5.74, 6) is -0.727. The Balaban J connectivity index is 1.27. The van der Waals surface area contributed by atoms with Gasteiger partial charge in [-0.15, -0.1) is 0 Å². The highest BCUT2D eigenvalue weighted by molar-refractivity contribution is 6.01. The Morgan fingerprint density at radius 3 is 2.62 bits per heavy atom. The fraction of sp³-hybridized carbons (Fsp3) is 0.484. The van der Waals surface area contributed by atoms with E-state index in [-0.39, 0.29) is 22.6 Å². The van der Waals surface area contributed by atoms with Gasteiger partial charge in [0.05, 0.1) is 11.1 Å². The van der Waals surface area contributed by atoms with Crippen molar-refractivity contribution in [3.8, 4) is 17.1 Å². The van der Waals surface area contributed by atoms with Crippen LogP contribution < -0.4 is 15.0 Å². The summed E-state index contributed by atoms with van der Waals surface area (Å²) in [4.78, 5) is 17.3. The van der Waals surface area contributed by atoms with Gasteiger partial charge in [0.1, 0.15) is 23.8 Å². The monoisotopic (exact) mass is 544 g/mol. The molecule has 2 aromatic heterocycles. The van der Waals surface area contributed by atoms with E-state index in [0.717, 1.165) is 81.2 Å². The van der Waals surface area contributed by atoms with Crippen LogP contribution in [0.2, 0.25) is 0 Å². The minimum atomic E-state index is -0.674. The van der Waals surface area contributed by atoms with Crippen LogP contribution in [0.15, 0.2) is 30.5 Å². The molecule has 208 valence electrons. The SMILES string of the molecule is Cc1cccc2[nH]cc(-c3c(F)cc4c(N5CC6CCC(C5)N6)nc(OCC56CCCN5CCC6)nc4c3F)c12. The zero-order valence-corrected chi connectivity index (χ0v) is 22.8. The van der Waals surface area contributed by atoms with E-state index in [4.69, 9.17) is 9.72 Å². The van der Waals surface area contributed by atoms with Crippen molar-refractivity contribution >= 4 is 27.6 Å². The summed E-state index contributed by atoms with van der Waals surface area (Å²) in [5, 5.41) is 4.84. The van der Waals surface area contributed by atoms with E-state index < -0.39 is 11.6 Å². The first kappa shape index (κ1) is 24.5. The number of hydrogen-bond acceptors (Lipinski definition) is 6. The van der Waals surface area contributed by atoms with Crippen LogP contribution in [-0.4, -0.2) is 70.3 Å². The summed E-state index contributed by atoms with van der Waals surface area (Å²) < 4.78 is 38.8. The lowest BCUT2D eigenvalue weighted by molar-refractivity contribution is 0.108. The molecule has 4 aromatic rings. The summed E-state index contributed by atoms with van der Waals surface area (Å²) in [5.41, 5.74) is 2.35. The molecule has 0 amide bonds. The zero-order chi connectivity index (χ0) is 27.0. The van der Waals surface area contributed by atoms with Crippen LogP contribution >= 0.6 is 0 Å². The summed E-state index contributed by atoms with van der Waals surface area (Å²) in [6.45, 7) is 6.12. The first-order valence-corrected chi connectivity index (χ1v) is 14.6. The van der Waals surface area contributed by atoms with Gasteiger partial charge in [-0.25, -0.2) is 8.78 Å². The molecule has 2 bridgehead atoms. The van der Waals surface area contributed by atoms with Gasteiger partial charge >= 0.3 is 6.01 Å². The first-order chi connectivity index (χ1) is 19.5. The predicted molar refractivity (Wildman–Crippen MR) is 152 cm³/mol. The van der Waals surface area contributed by atoms with Crippen molar-refractivity contribution in [2.24, 2.45) is 0 Å². The van der Waals surface area contributed by atoms with Crippen molar-refractivity contribution in [2.45, 2.75) is 63.1 Å². The number of fused-ring (bicyclic) bond motifs is 5. The highest BCUT2D eigenvalue weighted by Gasteiger charge is 2.45. The fourth-order valence-electron chi connectivity index (χ4n) is 7.91. The molecule has 0 spiro atoms. The third kappa shape index (κ3) is 3.74. The van der Waals surface area contributed by atoms with Crippen LogP contribution in [0, 0.1) is 18.6 Å². The average Bonchev–Trinajstić information content (AvgIpc) is 3.71. The predicted octanol–water partition coefficient (Wildman–Crippen LogP) is 5.31. The van der Waals surface area contributed by atoms with Crippen molar-refractivity contribution in [1.82, 2.24) is 25.2 Å². The summed E-state index contributed by atoms with van der Waals surface area (Å²) in [7, 11) is 0. The van der Waals surface area contributed by atoms with Gasteiger partial charge in [0.25, 0.3) is 0 Å². The van der Waals surface area contributed by atoms with Gasteiger partial charge in [-0.05, 0) is 76.2 Å². The number of nitrogens with one attached hydrogen (secondary N) is 2. The van der Waals surface area contributed by atoms with Crippen LogP contribution in [-0.2, 0) is 0 Å². The molecule has 6 heterocycles. The molecule has 4 fully saturated rings. The van der Waals surface area contributed by atoms with Gasteiger partial charge in [-0.2, -0.15) is 9.97 Å². The summed E-state index contributed by atoms with van der Waals surface area (Å²) in [6.07, 6.45) is 8.40. The lowest BCUT2D eigenvalue weighted by Crippen LogP contribution is -2.51. The molecular formula is C31H34F2N6O. The number of aryl methyl sites for hydroxylation is 1. The average molecular weight is 545 g/mol. The van der Waals surface area contributed by atoms with Crippen LogP contribution in [0.1, 0.15) is 44.1 Å². The number of anilines is 1. The minimum absolute atomic E-state index is 0.0146. The first-order valence-electron chi connectivity index (χ1n) is 14.6. The molecule has 4 saturated heterocycles. The van der Waals surface area contributed by atoms with E-state index in [0.29, 0.717) is 35.5 Å². The topological polar surface area (TPSA) is 69.3 Å². The molecule has 4 aliphatic heterocycles. The molecule has 40 heavy (non-hydrogen) atoms. The molecule has 0 radical (unpaired) electrons. The van der Waals surface area contributed by atoms with Gasteiger partial charge in [0.2, 0.25) is 0 Å². The molecular weight excluding hydrogens is 510 g/mol. The third-order valence-corrected chi connectivity index (χ3v) is 9.82. The lowest BCUT2D eigenvalue weighted by Gasteiger charge is -2.34. The third-order valence-electron chi connectivity index (χ3n) is 9.82. The number of H-pyrrole nitrogens is 1. The van der Waals surface area contributed by atoms with Gasteiger partial charge < -0.3 is 19.9 Å². The Morgan fingerprint density at radius 1 is 1.07 bits per heavy atom. The van der Waals surface area contributed by atoms with Crippen molar-refractivity contribution in [1.29, 1.82) is 0 Å². The lowest BCUT2D eigenvalue weighted by atomic mass is 9.95. The minimum Gasteiger partial charge on any atom is -0.461 e. The zero-order valence-electron chi connectivity index (χ0n) is 22.8. The van der Waals surface area contributed by atoms with Crippen LogP contribution in [0.25, 0.3) is 32.9 Å². The molecule has 8 rings (SSSR count). The molecule has 7 nitrogen and oxygen atoms in total. The van der Waals surface area contributed by atoms with Crippen LogP contribution in [0.4, 0.5) is 14.6 Å². The Labute approximate surface area is 231 Å². The Kier molecular flexibility index (Phi) is 5.58. The molecule has 4 aliphatic rings. The van der Waals surface area contributed by atoms with Crippen molar-refractivity contribution in [3.05, 3.63) is 47.7 Å². The summed E-state index contributed by atoms with van der Waals surface area (Å²) >= 11 is 0. The van der Waals surface area contributed by atoms with E-state index in [1.54, 1.807) is 6.20 Å². The van der Waals surface area contributed by atoms with Gasteiger partial charge in [0, 0.05) is 53.2 Å². The van der Waals surface area contributed by atoms with Gasteiger partial charge in [-0.1, -0.05) is 12.1 Å². The largest absolute Gasteiger partial charge is 0.461 e. The maximum absolute atomic E-state index is 16.6. The Bertz CT molecular complexity index is 1610. The van der Waals surface area contributed by atoms with E-state index in [9.17, 15) is 0 Å². The molecule has 9 heteroatoms. The number of halogens is 2. The quantitative estimate of drug-likeness (QED) is 0.355. The van der Waals surface area contributed by atoms with E-state index in [1.165, 1.54) is 6.07 Å². The normalized spacial score (nSPS) is 23.9. The van der Waals surface area contributed by atoms with Gasteiger partial charge in [0.15, 0.2) is 5.82 Å². The van der Waals surface area contributed by atoms with Crippen molar-refractivity contribution in [3.63, 3.8) is 0 Å². The molecule has 0 aliphatic carbocycles. The number of aromatic amines is 1. The van der Waals surface area contributed by atoms with E-state index in [1.807, 2.05) is 25.1 Å². The molecule has 2 unspecified atom stereocenters. The number of piperazine rings is 1. The Hall–Kier alpha value is -3.30. The number of ether oxygens (including phenoxy) is 1. The fourth-order valence-corrected chi connectivity index (χ4v) is 7.91. The molecule has 2 aromatic carbocycles. The maximum Gasteiger partial charge on any atom is 0.319 e. The molecule has 2 N–H and O–H groups in total. The highest BCUT2D eigenvalue weighted by atomic mass is 19.1. The smallest absolute Gasteiger partial charge is 0.319 e. The number of benzene rings is 2. The maximum atomic E-state index is 16.6. The Morgan fingerprint density at radius 2 is 1.85 bits per heavy atom. The van der Waals surface area contributed by atoms with Crippen molar-refractivity contribution < 1.29 is 13.5 Å². The second-order valence-electron chi connectivity index (χ2n) is 12.2. The number of nitrogens with zero attached hydrogens (tertiary/aromatic N) is 4. The van der Waals surface area contributed by atoms with Crippen LogP contribution in [0.3, 0.4) is 0 Å². The number of aromatic nitrogens is 3. The second kappa shape index (κ2) is 9.11. The van der Waals surface area contributed by atoms with E-state index >= 15 is 8.78 Å². The summed E-state index contributed by atoms with van der Waals surface area (Å²) in [6, 6.07) is 8.10.